The van der Waals surface area contributed by atoms with Crippen LogP contribution < -0.4 is 5.32 Å². The molecule has 0 saturated carbocycles. The first kappa shape index (κ1) is 18.4. The van der Waals surface area contributed by atoms with E-state index in [-0.39, 0.29) is 0 Å². The summed E-state index contributed by atoms with van der Waals surface area (Å²) in [5.41, 5.74) is 1.45. The topological polar surface area (TPSA) is 53.9 Å². The van der Waals surface area contributed by atoms with Crippen molar-refractivity contribution in [2.75, 3.05) is 45.1 Å². The van der Waals surface area contributed by atoms with E-state index in [0.29, 0.717) is 23.5 Å². The second kappa shape index (κ2) is 8.81. The Morgan fingerprint density at radius 3 is 2.92 bits per heavy atom. The average Bonchev–Trinajstić information content (AvgIpc) is 3.25. The van der Waals surface area contributed by atoms with Crippen molar-refractivity contribution in [1.82, 2.24) is 10.2 Å². The van der Waals surface area contributed by atoms with Gasteiger partial charge < -0.3 is 15.0 Å². The highest BCUT2D eigenvalue weighted by Crippen LogP contribution is 2.38. The minimum absolute atomic E-state index is 0.326. The number of likely N-dealkylation sites (tertiary alicyclic amines) is 1. The molecule has 1 aromatic rings. The van der Waals surface area contributed by atoms with Gasteiger partial charge in [0.25, 0.3) is 0 Å². The number of aliphatic imine (C=N–C) groups is 1. The van der Waals surface area contributed by atoms with Crippen LogP contribution in [0.5, 0.6) is 0 Å². The van der Waals surface area contributed by atoms with Crippen molar-refractivity contribution in [3.63, 3.8) is 0 Å². The first-order valence-electron chi connectivity index (χ1n) is 9.21. The van der Waals surface area contributed by atoms with E-state index in [0.717, 1.165) is 50.8 Å². The fraction of sp³-hybridized carbons (Fsp3) is 0.632. The molecule has 5 nitrogen and oxygen atoms in total. The van der Waals surface area contributed by atoms with Crippen molar-refractivity contribution in [3.05, 3.63) is 35.9 Å². The number of nitrogens with zero attached hydrogens (tertiary/aromatic N) is 2. The van der Waals surface area contributed by atoms with Crippen LogP contribution in [0.4, 0.5) is 0 Å². The molecule has 0 amide bonds. The van der Waals surface area contributed by atoms with Gasteiger partial charge in [0.1, 0.15) is 0 Å². The maximum Gasteiger partial charge on any atom is 0.193 e. The molecule has 3 rings (SSSR count). The summed E-state index contributed by atoms with van der Waals surface area (Å²) in [6.45, 7) is 7.36. The summed E-state index contributed by atoms with van der Waals surface area (Å²) in [5.74, 6) is 2.17. The average molecular weight is 364 g/mol. The van der Waals surface area contributed by atoms with Gasteiger partial charge in [-0.3, -0.25) is 9.20 Å². The number of ether oxygens (including phenoxy) is 1. The summed E-state index contributed by atoms with van der Waals surface area (Å²) < 4.78 is 17.9. The summed E-state index contributed by atoms with van der Waals surface area (Å²) in [5, 5.41) is 3.39. The van der Waals surface area contributed by atoms with E-state index >= 15 is 0 Å². The molecule has 2 saturated heterocycles. The second-order valence-electron chi connectivity index (χ2n) is 6.98. The Morgan fingerprint density at radius 1 is 1.36 bits per heavy atom. The lowest BCUT2D eigenvalue weighted by molar-refractivity contribution is 0.156. The summed E-state index contributed by atoms with van der Waals surface area (Å²) in [6, 6.07) is 10.0. The highest BCUT2D eigenvalue weighted by molar-refractivity contribution is 7.84. The molecule has 6 heteroatoms. The van der Waals surface area contributed by atoms with E-state index in [9.17, 15) is 4.21 Å². The molecule has 0 aliphatic carbocycles. The Balaban J connectivity index is 1.51. The van der Waals surface area contributed by atoms with E-state index in [1.807, 2.05) is 30.3 Å². The number of guanidine groups is 1. The van der Waals surface area contributed by atoms with Crippen molar-refractivity contribution in [1.29, 1.82) is 0 Å². The first-order valence-corrected chi connectivity index (χ1v) is 10.7. The monoisotopic (exact) mass is 363 g/mol. The third-order valence-electron chi connectivity index (χ3n) is 5.01. The predicted octanol–water partition coefficient (Wildman–Crippen LogP) is 2.01. The van der Waals surface area contributed by atoms with Gasteiger partial charge in [-0.15, -0.1) is 0 Å². The van der Waals surface area contributed by atoms with Crippen LogP contribution in [0.1, 0.15) is 25.3 Å². The van der Waals surface area contributed by atoms with Crippen LogP contribution in [-0.2, 0) is 21.3 Å². The lowest BCUT2D eigenvalue weighted by Crippen LogP contribution is -2.41. The first-order chi connectivity index (χ1) is 12.2. The Labute approximate surface area is 153 Å². The van der Waals surface area contributed by atoms with Crippen molar-refractivity contribution in [2.45, 2.75) is 25.5 Å². The van der Waals surface area contributed by atoms with Gasteiger partial charge in [-0.2, -0.15) is 0 Å². The Bertz CT molecular complexity index is 600. The fourth-order valence-electron chi connectivity index (χ4n) is 3.60. The third-order valence-corrected chi connectivity index (χ3v) is 6.30. The highest BCUT2D eigenvalue weighted by atomic mass is 32.2. The quantitative estimate of drug-likeness (QED) is 0.621. The standard InChI is InChI=1S/C19H29N3O2S/c1-2-20-18(22-11-8-19(15-22)9-12-24-16-19)21-10-13-25(23)14-17-6-4-3-5-7-17/h3-7H,2,8-16H2,1H3,(H,20,21). The number of hydrogen-bond acceptors (Lipinski definition) is 3. The van der Waals surface area contributed by atoms with Gasteiger partial charge in [-0.05, 0) is 25.3 Å². The van der Waals surface area contributed by atoms with Crippen LogP contribution in [0.3, 0.4) is 0 Å². The normalized spacial score (nSPS) is 24.8. The maximum atomic E-state index is 12.3. The summed E-state index contributed by atoms with van der Waals surface area (Å²) in [7, 11) is -0.875. The maximum absolute atomic E-state index is 12.3. The zero-order chi connectivity index (χ0) is 17.5. The molecule has 1 spiro atoms. The molecule has 2 aliphatic heterocycles. The number of benzene rings is 1. The van der Waals surface area contributed by atoms with E-state index < -0.39 is 10.8 Å². The molecule has 2 fully saturated rings. The van der Waals surface area contributed by atoms with Crippen LogP contribution >= 0.6 is 0 Å². The van der Waals surface area contributed by atoms with Crippen LogP contribution in [-0.4, -0.2) is 60.2 Å². The molecule has 25 heavy (non-hydrogen) atoms. The Kier molecular flexibility index (Phi) is 6.48. The van der Waals surface area contributed by atoms with Gasteiger partial charge in [0, 0.05) is 54.0 Å². The van der Waals surface area contributed by atoms with Crippen molar-refractivity contribution in [3.8, 4) is 0 Å². The molecule has 0 aromatic heterocycles. The molecule has 2 aliphatic rings. The van der Waals surface area contributed by atoms with E-state index in [4.69, 9.17) is 9.73 Å². The van der Waals surface area contributed by atoms with Crippen molar-refractivity contribution in [2.24, 2.45) is 10.4 Å². The number of hydrogen-bond donors (Lipinski definition) is 1. The van der Waals surface area contributed by atoms with Gasteiger partial charge in [-0.1, -0.05) is 30.3 Å². The van der Waals surface area contributed by atoms with Gasteiger partial charge in [0.15, 0.2) is 5.96 Å². The minimum Gasteiger partial charge on any atom is -0.381 e. The molecule has 2 heterocycles. The molecule has 1 N–H and O–H groups in total. The predicted molar refractivity (Wildman–Crippen MR) is 103 cm³/mol. The van der Waals surface area contributed by atoms with Crippen molar-refractivity contribution < 1.29 is 8.95 Å². The summed E-state index contributed by atoms with van der Waals surface area (Å²) in [4.78, 5) is 7.07. The van der Waals surface area contributed by atoms with Crippen LogP contribution in [0, 0.1) is 5.41 Å². The Morgan fingerprint density at radius 2 is 2.20 bits per heavy atom. The van der Waals surface area contributed by atoms with Gasteiger partial charge >= 0.3 is 0 Å². The van der Waals surface area contributed by atoms with E-state index in [1.165, 1.54) is 6.42 Å². The molecule has 138 valence electrons. The van der Waals surface area contributed by atoms with Crippen LogP contribution in [0.25, 0.3) is 0 Å². The van der Waals surface area contributed by atoms with Gasteiger partial charge in [0.2, 0.25) is 0 Å². The van der Waals surface area contributed by atoms with Gasteiger partial charge in [0.05, 0.1) is 13.2 Å². The van der Waals surface area contributed by atoms with E-state index in [1.54, 1.807) is 0 Å². The fourth-order valence-corrected chi connectivity index (χ4v) is 4.60. The zero-order valence-electron chi connectivity index (χ0n) is 15.1. The number of rotatable bonds is 6. The molecular formula is C19H29N3O2S. The SMILES string of the molecule is CCNC(=NCCS(=O)Cc1ccccc1)N1CCC2(CCOC2)C1. The molecular weight excluding hydrogens is 334 g/mol. The molecule has 2 atom stereocenters. The van der Waals surface area contributed by atoms with Crippen LogP contribution in [0.2, 0.25) is 0 Å². The van der Waals surface area contributed by atoms with Crippen LogP contribution in [0.15, 0.2) is 35.3 Å². The summed E-state index contributed by atoms with van der Waals surface area (Å²) >= 11 is 0. The lowest BCUT2D eigenvalue weighted by Gasteiger charge is -2.24. The second-order valence-corrected chi connectivity index (χ2v) is 8.56. The molecule has 0 bridgehead atoms. The zero-order valence-corrected chi connectivity index (χ0v) is 15.9. The molecule has 0 radical (unpaired) electrons. The van der Waals surface area contributed by atoms with E-state index in [2.05, 4.69) is 17.1 Å². The number of nitrogens with one attached hydrogen (secondary N) is 1. The third kappa shape index (κ3) is 5.05. The largest absolute Gasteiger partial charge is 0.381 e. The lowest BCUT2D eigenvalue weighted by atomic mass is 9.87. The Hall–Kier alpha value is -1.40. The highest BCUT2D eigenvalue weighted by Gasteiger charge is 2.42. The summed E-state index contributed by atoms with van der Waals surface area (Å²) in [6.07, 6.45) is 2.33. The van der Waals surface area contributed by atoms with Gasteiger partial charge in [-0.25, -0.2) is 0 Å². The smallest absolute Gasteiger partial charge is 0.193 e. The van der Waals surface area contributed by atoms with Crippen molar-refractivity contribution >= 4 is 16.8 Å². The molecule has 1 aromatic carbocycles. The molecule has 2 unspecified atom stereocenters. The minimum atomic E-state index is -0.875.